The molecule has 2 heteroatoms. The number of halogens is 1. The van der Waals surface area contributed by atoms with E-state index in [0.717, 1.165) is 12.5 Å². The Kier molecular flexibility index (Phi) is 5.34. The van der Waals surface area contributed by atoms with Crippen molar-refractivity contribution >= 4 is 15.9 Å². The molecule has 0 spiro atoms. The lowest BCUT2D eigenvalue weighted by Gasteiger charge is -2.20. The summed E-state index contributed by atoms with van der Waals surface area (Å²) in [4.78, 5) is 0. The van der Waals surface area contributed by atoms with E-state index < -0.39 is 0 Å². The average molecular weight is 270 g/mol. The van der Waals surface area contributed by atoms with Gasteiger partial charge in [-0.2, -0.15) is 0 Å². The fourth-order valence-electron chi connectivity index (χ4n) is 1.47. The van der Waals surface area contributed by atoms with Crippen LogP contribution in [0.15, 0.2) is 28.7 Å². The van der Waals surface area contributed by atoms with Gasteiger partial charge in [0.2, 0.25) is 0 Å². The van der Waals surface area contributed by atoms with Crippen LogP contribution < -0.4 is 5.32 Å². The predicted molar refractivity (Wildman–Crippen MR) is 69.9 cm³/mol. The van der Waals surface area contributed by atoms with Crippen molar-refractivity contribution in [3.8, 4) is 0 Å². The SMILES string of the molecule is CC[C@@H](C)[C@H](C)NCc1ccccc1Br. The first-order valence-electron chi connectivity index (χ1n) is 5.62. The maximum absolute atomic E-state index is 3.56. The molecule has 0 bridgehead atoms. The number of hydrogen-bond acceptors (Lipinski definition) is 1. The van der Waals surface area contributed by atoms with E-state index >= 15 is 0 Å². The molecular formula is C13H20BrN. The van der Waals surface area contributed by atoms with Gasteiger partial charge in [-0.1, -0.05) is 54.4 Å². The molecule has 15 heavy (non-hydrogen) atoms. The van der Waals surface area contributed by atoms with E-state index in [1.54, 1.807) is 0 Å². The van der Waals surface area contributed by atoms with E-state index in [1.165, 1.54) is 16.5 Å². The highest BCUT2D eigenvalue weighted by Gasteiger charge is 2.09. The molecular weight excluding hydrogens is 250 g/mol. The Balaban J connectivity index is 2.47. The van der Waals surface area contributed by atoms with Crippen LogP contribution >= 0.6 is 15.9 Å². The predicted octanol–water partition coefficient (Wildman–Crippen LogP) is 3.97. The number of hydrogen-bond donors (Lipinski definition) is 1. The molecule has 0 amide bonds. The summed E-state index contributed by atoms with van der Waals surface area (Å²) in [5.74, 6) is 0.729. The summed E-state index contributed by atoms with van der Waals surface area (Å²) < 4.78 is 1.19. The Bertz CT molecular complexity index is 298. The molecule has 2 atom stereocenters. The van der Waals surface area contributed by atoms with Gasteiger partial charge in [-0.25, -0.2) is 0 Å². The lowest BCUT2D eigenvalue weighted by Crippen LogP contribution is -2.31. The lowest BCUT2D eigenvalue weighted by molar-refractivity contribution is 0.389. The minimum Gasteiger partial charge on any atom is -0.310 e. The van der Waals surface area contributed by atoms with Crippen LogP contribution in [0.2, 0.25) is 0 Å². The molecule has 0 unspecified atom stereocenters. The lowest BCUT2D eigenvalue weighted by atomic mass is 10.0. The topological polar surface area (TPSA) is 12.0 Å². The third-order valence-electron chi connectivity index (χ3n) is 3.07. The van der Waals surface area contributed by atoms with Crippen LogP contribution in [0.5, 0.6) is 0 Å². The van der Waals surface area contributed by atoms with Crippen LogP contribution in [-0.2, 0) is 6.54 Å². The van der Waals surface area contributed by atoms with E-state index in [2.05, 4.69) is 60.2 Å². The summed E-state index contributed by atoms with van der Waals surface area (Å²) in [6, 6.07) is 8.94. The second kappa shape index (κ2) is 6.29. The first-order chi connectivity index (χ1) is 7.15. The van der Waals surface area contributed by atoms with E-state index in [1.807, 2.05) is 6.07 Å². The molecule has 0 aliphatic rings. The number of rotatable bonds is 5. The summed E-state index contributed by atoms with van der Waals surface area (Å²) in [5, 5.41) is 3.56. The smallest absolute Gasteiger partial charge is 0.0220 e. The van der Waals surface area contributed by atoms with Crippen molar-refractivity contribution in [1.29, 1.82) is 0 Å². The Morgan fingerprint density at radius 2 is 1.93 bits per heavy atom. The van der Waals surface area contributed by atoms with Crippen molar-refractivity contribution in [2.75, 3.05) is 0 Å². The molecule has 0 aliphatic heterocycles. The van der Waals surface area contributed by atoms with Crippen LogP contribution in [0.3, 0.4) is 0 Å². The van der Waals surface area contributed by atoms with E-state index in [4.69, 9.17) is 0 Å². The van der Waals surface area contributed by atoms with Crippen LogP contribution in [0.25, 0.3) is 0 Å². The molecule has 1 nitrogen and oxygen atoms in total. The fourth-order valence-corrected chi connectivity index (χ4v) is 1.89. The monoisotopic (exact) mass is 269 g/mol. The summed E-state index contributed by atoms with van der Waals surface area (Å²) >= 11 is 3.56. The summed E-state index contributed by atoms with van der Waals surface area (Å²) in [7, 11) is 0. The van der Waals surface area contributed by atoms with Crippen molar-refractivity contribution < 1.29 is 0 Å². The van der Waals surface area contributed by atoms with Crippen LogP contribution in [0.1, 0.15) is 32.8 Å². The van der Waals surface area contributed by atoms with E-state index in [9.17, 15) is 0 Å². The van der Waals surface area contributed by atoms with Gasteiger partial charge >= 0.3 is 0 Å². The molecule has 1 aromatic rings. The largest absolute Gasteiger partial charge is 0.310 e. The highest BCUT2D eigenvalue weighted by Crippen LogP contribution is 2.16. The van der Waals surface area contributed by atoms with Crippen LogP contribution in [0.4, 0.5) is 0 Å². The molecule has 0 fully saturated rings. The molecule has 0 saturated carbocycles. The highest BCUT2D eigenvalue weighted by molar-refractivity contribution is 9.10. The van der Waals surface area contributed by atoms with Crippen molar-refractivity contribution in [3.05, 3.63) is 34.3 Å². The molecule has 0 aromatic heterocycles. The quantitative estimate of drug-likeness (QED) is 0.853. The molecule has 0 aliphatic carbocycles. The minimum absolute atomic E-state index is 0.571. The number of benzene rings is 1. The normalized spacial score (nSPS) is 14.9. The molecule has 1 aromatic carbocycles. The van der Waals surface area contributed by atoms with Gasteiger partial charge < -0.3 is 5.32 Å². The Morgan fingerprint density at radius 1 is 1.27 bits per heavy atom. The van der Waals surface area contributed by atoms with Crippen LogP contribution in [0, 0.1) is 5.92 Å². The van der Waals surface area contributed by atoms with Crippen molar-refractivity contribution in [2.45, 2.75) is 39.8 Å². The molecule has 1 rings (SSSR count). The van der Waals surface area contributed by atoms with E-state index in [0.29, 0.717) is 6.04 Å². The molecule has 1 N–H and O–H groups in total. The third-order valence-corrected chi connectivity index (χ3v) is 3.84. The minimum atomic E-state index is 0.571. The summed E-state index contributed by atoms with van der Waals surface area (Å²) in [5.41, 5.74) is 1.33. The standard InChI is InChI=1S/C13H20BrN/c1-4-10(2)11(3)15-9-12-7-5-6-8-13(12)14/h5-8,10-11,15H,4,9H2,1-3H3/t10-,11+/m1/s1. The second-order valence-electron chi connectivity index (χ2n) is 4.15. The van der Waals surface area contributed by atoms with Crippen molar-refractivity contribution in [1.82, 2.24) is 5.32 Å². The highest BCUT2D eigenvalue weighted by atomic mass is 79.9. The van der Waals surface area contributed by atoms with Gasteiger partial charge in [0.25, 0.3) is 0 Å². The Hall–Kier alpha value is -0.340. The average Bonchev–Trinajstić information content (AvgIpc) is 2.26. The fraction of sp³-hybridized carbons (Fsp3) is 0.538. The summed E-state index contributed by atoms with van der Waals surface area (Å²) in [6.07, 6.45) is 1.23. The second-order valence-corrected chi connectivity index (χ2v) is 5.00. The van der Waals surface area contributed by atoms with Gasteiger partial charge in [0.15, 0.2) is 0 Å². The maximum Gasteiger partial charge on any atom is 0.0220 e. The van der Waals surface area contributed by atoms with Gasteiger partial charge in [0, 0.05) is 17.1 Å². The third kappa shape index (κ3) is 3.96. The maximum atomic E-state index is 3.56. The zero-order valence-corrected chi connectivity index (χ0v) is 11.3. The zero-order chi connectivity index (χ0) is 11.3. The van der Waals surface area contributed by atoms with Crippen LogP contribution in [-0.4, -0.2) is 6.04 Å². The summed E-state index contributed by atoms with van der Waals surface area (Å²) in [6.45, 7) is 7.72. The number of nitrogens with one attached hydrogen (secondary N) is 1. The molecule has 0 radical (unpaired) electrons. The molecule has 0 heterocycles. The Morgan fingerprint density at radius 3 is 2.53 bits per heavy atom. The van der Waals surface area contributed by atoms with Gasteiger partial charge in [-0.05, 0) is 24.5 Å². The first kappa shape index (κ1) is 12.7. The molecule has 0 saturated heterocycles. The van der Waals surface area contributed by atoms with Gasteiger partial charge in [0.05, 0.1) is 0 Å². The molecule has 84 valence electrons. The van der Waals surface area contributed by atoms with Crippen molar-refractivity contribution in [2.24, 2.45) is 5.92 Å². The van der Waals surface area contributed by atoms with Gasteiger partial charge in [-0.3, -0.25) is 0 Å². The zero-order valence-electron chi connectivity index (χ0n) is 9.76. The van der Waals surface area contributed by atoms with Gasteiger partial charge in [0.1, 0.15) is 0 Å². The first-order valence-corrected chi connectivity index (χ1v) is 6.41. The van der Waals surface area contributed by atoms with Crippen molar-refractivity contribution in [3.63, 3.8) is 0 Å². The Labute approximate surface area is 101 Å². The van der Waals surface area contributed by atoms with E-state index in [-0.39, 0.29) is 0 Å². The van der Waals surface area contributed by atoms with Gasteiger partial charge in [-0.15, -0.1) is 0 Å².